The fourth-order valence-electron chi connectivity index (χ4n) is 1.92. The minimum atomic E-state index is 0.126. The maximum Gasteiger partial charge on any atom is 0.211 e. The number of hydrogen-bond acceptors (Lipinski definition) is 4. The second-order valence-electron chi connectivity index (χ2n) is 4.58. The van der Waals surface area contributed by atoms with E-state index in [-0.39, 0.29) is 6.04 Å². The van der Waals surface area contributed by atoms with Crippen molar-refractivity contribution in [2.75, 3.05) is 0 Å². The van der Waals surface area contributed by atoms with Gasteiger partial charge in [0.15, 0.2) is 0 Å². The zero-order valence-corrected chi connectivity index (χ0v) is 12.2. The van der Waals surface area contributed by atoms with E-state index in [4.69, 9.17) is 4.42 Å². The highest BCUT2D eigenvalue weighted by Gasteiger charge is 2.16. The highest BCUT2D eigenvalue weighted by atomic mass is 32.1. The van der Waals surface area contributed by atoms with Crippen LogP contribution in [0.1, 0.15) is 54.3 Å². The SMILES string of the molecule is CCc1ccc(C(C)NC(C)c2ncc(C)o2)s1. The van der Waals surface area contributed by atoms with E-state index in [9.17, 15) is 0 Å². The summed E-state index contributed by atoms with van der Waals surface area (Å²) in [5.41, 5.74) is 0. The first-order chi connectivity index (χ1) is 8.60. The Labute approximate surface area is 112 Å². The largest absolute Gasteiger partial charge is 0.444 e. The van der Waals surface area contributed by atoms with Gasteiger partial charge in [-0.25, -0.2) is 4.98 Å². The molecule has 1 N–H and O–H groups in total. The van der Waals surface area contributed by atoms with E-state index in [1.165, 1.54) is 9.75 Å². The van der Waals surface area contributed by atoms with Crippen LogP contribution < -0.4 is 5.32 Å². The van der Waals surface area contributed by atoms with Crippen molar-refractivity contribution in [3.05, 3.63) is 39.7 Å². The van der Waals surface area contributed by atoms with Crippen LogP contribution in [0.2, 0.25) is 0 Å². The molecule has 4 heteroatoms. The zero-order chi connectivity index (χ0) is 13.1. The molecule has 2 heterocycles. The Morgan fingerprint density at radius 1 is 1.33 bits per heavy atom. The Kier molecular flexibility index (Phi) is 4.19. The summed E-state index contributed by atoms with van der Waals surface area (Å²) in [6, 6.07) is 4.85. The van der Waals surface area contributed by atoms with Crippen LogP contribution in [0.15, 0.2) is 22.7 Å². The number of aryl methyl sites for hydroxylation is 2. The van der Waals surface area contributed by atoms with Crippen molar-refractivity contribution < 1.29 is 4.42 Å². The van der Waals surface area contributed by atoms with E-state index in [2.05, 4.69) is 43.2 Å². The molecule has 2 aromatic rings. The van der Waals surface area contributed by atoms with E-state index in [1.54, 1.807) is 6.20 Å². The number of nitrogens with zero attached hydrogens (tertiary/aromatic N) is 1. The van der Waals surface area contributed by atoms with Crippen LogP contribution in [-0.2, 0) is 6.42 Å². The first-order valence-corrected chi connectivity index (χ1v) is 7.18. The van der Waals surface area contributed by atoms with Gasteiger partial charge in [0.25, 0.3) is 0 Å². The van der Waals surface area contributed by atoms with Crippen LogP contribution in [0, 0.1) is 6.92 Å². The molecule has 2 aromatic heterocycles. The molecular formula is C14H20N2OS. The Bertz CT molecular complexity index is 503. The molecule has 3 nitrogen and oxygen atoms in total. The van der Waals surface area contributed by atoms with Gasteiger partial charge in [0.2, 0.25) is 5.89 Å². The summed E-state index contributed by atoms with van der Waals surface area (Å²) in [6.45, 7) is 8.36. The van der Waals surface area contributed by atoms with Gasteiger partial charge in [-0.05, 0) is 39.3 Å². The molecule has 2 atom stereocenters. The molecule has 0 saturated carbocycles. The number of hydrogen-bond donors (Lipinski definition) is 1. The van der Waals surface area contributed by atoms with Gasteiger partial charge in [0.05, 0.1) is 12.2 Å². The maximum atomic E-state index is 5.54. The van der Waals surface area contributed by atoms with Gasteiger partial charge in [-0.1, -0.05) is 6.92 Å². The lowest BCUT2D eigenvalue weighted by molar-refractivity contribution is 0.382. The molecule has 2 rings (SSSR count). The second-order valence-corrected chi connectivity index (χ2v) is 5.78. The number of aromatic nitrogens is 1. The van der Waals surface area contributed by atoms with Crippen LogP contribution in [0.5, 0.6) is 0 Å². The van der Waals surface area contributed by atoms with E-state index in [1.807, 2.05) is 18.3 Å². The Balaban J connectivity index is 2.00. The average molecular weight is 264 g/mol. The predicted molar refractivity (Wildman–Crippen MR) is 74.9 cm³/mol. The molecule has 0 spiro atoms. The molecule has 0 amide bonds. The molecule has 0 radical (unpaired) electrons. The van der Waals surface area contributed by atoms with Crippen molar-refractivity contribution in [2.24, 2.45) is 0 Å². The number of rotatable bonds is 5. The lowest BCUT2D eigenvalue weighted by Crippen LogP contribution is -2.22. The highest BCUT2D eigenvalue weighted by molar-refractivity contribution is 7.12. The van der Waals surface area contributed by atoms with Crippen molar-refractivity contribution in [1.29, 1.82) is 0 Å². The molecule has 0 saturated heterocycles. The van der Waals surface area contributed by atoms with Crippen LogP contribution in [0.3, 0.4) is 0 Å². The molecule has 0 bridgehead atoms. The van der Waals surface area contributed by atoms with Crippen LogP contribution >= 0.6 is 11.3 Å². The molecule has 0 aliphatic heterocycles. The summed E-state index contributed by atoms with van der Waals surface area (Å²) in [4.78, 5) is 7.05. The monoisotopic (exact) mass is 264 g/mol. The third kappa shape index (κ3) is 3.00. The molecular weight excluding hydrogens is 244 g/mol. The smallest absolute Gasteiger partial charge is 0.211 e. The Morgan fingerprint density at radius 3 is 2.67 bits per heavy atom. The van der Waals surface area contributed by atoms with Gasteiger partial charge in [-0.2, -0.15) is 0 Å². The predicted octanol–water partition coefficient (Wildman–Crippen LogP) is 4.02. The number of oxazole rings is 1. The molecule has 0 fully saturated rings. The highest BCUT2D eigenvalue weighted by Crippen LogP contribution is 2.25. The third-order valence-corrected chi connectivity index (χ3v) is 4.38. The summed E-state index contributed by atoms with van der Waals surface area (Å²) < 4.78 is 5.54. The van der Waals surface area contributed by atoms with Gasteiger partial charge < -0.3 is 4.42 Å². The van der Waals surface area contributed by atoms with Gasteiger partial charge in [-0.3, -0.25) is 5.32 Å². The zero-order valence-electron chi connectivity index (χ0n) is 11.4. The van der Waals surface area contributed by atoms with Gasteiger partial charge in [0.1, 0.15) is 5.76 Å². The van der Waals surface area contributed by atoms with E-state index in [0.717, 1.165) is 18.1 Å². The molecule has 0 aromatic carbocycles. The van der Waals surface area contributed by atoms with Crippen LogP contribution in [0.4, 0.5) is 0 Å². The first-order valence-electron chi connectivity index (χ1n) is 6.37. The van der Waals surface area contributed by atoms with Crippen molar-refractivity contribution in [2.45, 2.75) is 46.2 Å². The van der Waals surface area contributed by atoms with E-state index < -0.39 is 0 Å². The van der Waals surface area contributed by atoms with Gasteiger partial charge >= 0.3 is 0 Å². The van der Waals surface area contributed by atoms with Crippen molar-refractivity contribution in [3.8, 4) is 0 Å². The summed E-state index contributed by atoms with van der Waals surface area (Å²) in [5.74, 6) is 1.61. The third-order valence-electron chi connectivity index (χ3n) is 2.97. The maximum absolute atomic E-state index is 5.54. The average Bonchev–Trinajstić information content (AvgIpc) is 2.97. The quantitative estimate of drug-likeness (QED) is 0.886. The normalized spacial score (nSPS) is 14.7. The van der Waals surface area contributed by atoms with Crippen molar-refractivity contribution in [3.63, 3.8) is 0 Å². The van der Waals surface area contributed by atoms with Gasteiger partial charge in [0, 0.05) is 15.8 Å². The summed E-state index contributed by atoms with van der Waals surface area (Å²) in [5, 5.41) is 3.52. The van der Waals surface area contributed by atoms with Crippen molar-refractivity contribution >= 4 is 11.3 Å². The van der Waals surface area contributed by atoms with Gasteiger partial charge in [-0.15, -0.1) is 11.3 Å². The minimum absolute atomic E-state index is 0.126. The van der Waals surface area contributed by atoms with E-state index in [0.29, 0.717) is 6.04 Å². The fourth-order valence-corrected chi connectivity index (χ4v) is 2.88. The van der Waals surface area contributed by atoms with E-state index >= 15 is 0 Å². The Morgan fingerprint density at radius 2 is 2.11 bits per heavy atom. The van der Waals surface area contributed by atoms with Crippen molar-refractivity contribution in [1.82, 2.24) is 10.3 Å². The molecule has 18 heavy (non-hydrogen) atoms. The lowest BCUT2D eigenvalue weighted by atomic mass is 10.2. The fraction of sp³-hybridized carbons (Fsp3) is 0.500. The van der Waals surface area contributed by atoms with Crippen LogP contribution in [0.25, 0.3) is 0 Å². The molecule has 0 aliphatic rings. The standard InChI is InChI=1S/C14H20N2OS/c1-5-12-6-7-13(18-12)10(3)16-11(4)14-15-8-9(2)17-14/h6-8,10-11,16H,5H2,1-4H3. The number of thiophene rings is 1. The second kappa shape index (κ2) is 5.67. The Hall–Kier alpha value is -1.13. The summed E-state index contributed by atoms with van der Waals surface area (Å²) in [7, 11) is 0. The summed E-state index contributed by atoms with van der Waals surface area (Å²) in [6.07, 6.45) is 2.87. The summed E-state index contributed by atoms with van der Waals surface area (Å²) >= 11 is 1.87. The molecule has 0 aliphatic carbocycles. The first kappa shape index (κ1) is 13.3. The lowest BCUT2D eigenvalue weighted by Gasteiger charge is -2.16. The topological polar surface area (TPSA) is 38.1 Å². The molecule has 2 unspecified atom stereocenters. The molecule has 98 valence electrons. The minimum Gasteiger partial charge on any atom is -0.444 e. The number of nitrogens with one attached hydrogen (secondary N) is 1. The van der Waals surface area contributed by atoms with Crippen LogP contribution in [-0.4, -0.2) is 4.98 Å².